The number of halogens is 1. The Morgan fingerprint density at radius 2 is 1.93 bits per heavy atom. The molecule has 5 nitrogen and oxygen atoms in total. The van der Waals surface area contributed by atoms with Crippen LogP contribution < -0.4 is 5.32 Å². The topological polar surface area (TPSA) is 66.5 Å². The summed E-state index contributed by atoms with van der Waals surface area (Å²) in [5.41, 5.74) is 1.27. The van der Waals surface area contributed by atoms with Gasteiger partial charge in [0, 0.05) is 24.7 Å². The molecule has 0 radical (unpaired) electrons. The normalized spacial score (nSPS) is 18.0. The quantitative estimate of drug-likeness (QED) is 0.801. The molecule has 1 fully saturated rings. The van der Waals surface area contributed by atoms with Crippen molar-refractivity contribution in [1.29, 1.82) is 0 Å². The largest absolute Gasteiger partial charge is 0.352 e. The Morgan fingerprint density at radius 1 is 1.18 bits per heavy atom. The monoisotopic (exact) mass is 404 g/mol. The molecular formula is C21H25FN2O3S. The highest BCUT2D eigenvalue weighted by Gasteiger charge is 2.33. The van der Waals surface area contributed by atoms with E-state index in [0.717, 1.165) is 24.8 Å². The van der Waals surface area contributed by atoms with Gasteiger partial charge in [0.15, 0.2) is 0 Å². The van der Waals surface area contributed by atoms with Crippen LogP contribution in [0.1, 0.15) is 41.6 Å². The average Bonchev–Trinajstić information content (AvgIpc) is 2.68. The predicted octanol–water partition coefficient (Wildman–Crippen LogP) is 3.50. The number of carbonyl (C=O) groups is 1. The summed E-state index contributed by atoms with van der Waals surface area (Å²) in [5.74, 6) is -0.821. The van der Waals surface area contributed by atoms with Gasteiger partial charge in [0.1, 0.15) is 5.82 Å². The smallest absolute Gasteiger partial charge is 0.251 e. The molecule has 150 valence electrons. The standard InChI is InChI=1S/C21H25FN2O3S/c1-16-8-10-20(11-9-16)28(26,27)24-14-3-2-7-19(24)12-13-23-21(25)17-5-4-6-18(22)15-17/h4-6,8-11,15,19H,2-3,7,12-14H2,1H3,(H,23,25). The second kappa shape index (κ2) is 8.84. The maximum absolute atomic E-state index is 13.3. The van der Waals surface area contributed by atoms with Gasteiger partial charge in [0.2, 0.25) is 10.0 Å². The summed E-state index contributed by atoms with van der Waals surface area (Å²) in [4.78, 5) is 12.5. The molecule has 0 aromatic heterocycles. The lowest BCUT2D eigenvalue weighted by Gasteiger charge is -2.34. The zero-order valence-corrected chi connectivity index (χ0v) is 16.7. The highest BCUT2D eigenvalue weighted by molar-refractivity contribution is 7.89. The number of hydrogen-bond acceptors (Lipinski definition) is 3. The van der Waals surface area contributed by atoms with Crippen LogP contribution in [0.25, 0.3) is 0 Å². The van der Waals surface area contributed by atoms with Crippen molar-refractivity contribution in [2.45, 2.75) is 43.5 Å². The predicted molar refractivity (Wildman–Crippen MR) is 106 cm³/mol. The molecule has 2 aromatic carbocycles. The van der Waals surface area contributed by atoms with Crippen molar-refractivity contribution in [2.75, 3.05) is 13.1 Å². The first-order valence-electron chi connectivity index (χ1n) is 9.50. The molecule has 1 atom stereocenters. The van der Waals surface area contributed by atoms with Crippen molar-refractivity contribution in [3.8, 4) is 0 Å². The van der Waals surface area contributed by atoms with Gasteiger partial charge in [-0.25, -0.2) is 12.8 Å². The summed E-state index contributed by atoms with van der Waals surface area (Å²) in [6.07, 6.45) is 3.08. The molecular weight excluding hydrogens is 379 g/mol. The Kier molecular flexibility index (Phi) is 6.46. The van der Waals surface area contributed by atoms with E-state index in [4.69, 9.17) is 0 Å². The molecule has 0 aliphatic carbocycles. The Bertz CT molecular complexity index is 929. The Hall–Kier alpha value is -2.25. The minimum Gasteiger partial charge on any atom is -0.352 e. The molecule has 1 aliphatic rings. The highest BCUT2D eigenvalue weighted by Crippen LogP contribution is 2.27. The van der Waals surface area contributed by atoms with Gasteiger partial charge in [0.25, 0.3) is 5.91 Å². The molecule has 1 unspecified atom stereocenters. The lowest BCUT2D eigenvalue weighted by molar-refractivity contribution is 0.0949. The van der Waals surface area contributed by atoms with E-state index in [-0.39, 0.29) is 17.5 Å². The second-order valence-electron chi connectivity index (χ2n) is 7.13. The first-order valence-corrected chi connectivity index (χ1v) is 10.9. The van der Waals surface area contributed by atoms with E-state index < -0.39 is 15.8 Å². The van der Waals surface area contributed by atoms with Crippen LogP contribution in [0.5, 0.6) is 0 Å². The molecule has 1 saturated heterocycles. The zero-order valence-electron chi connectivity index (χ0n) is 15.9. The fraction of sp³-hybridized carbons (Fsp3) is 0.381. The first-order chi connectivity index (χ1) is 13.4. The minimum absolute atomic E-state index is 0.159. The molecule has 3 rings (SSSR count). The molecule has 0 bridgehead atoms. The summed E-state index contributed by atoms with van der Waals surface area (Å²) >= 11 is 0. The van der Waals surface area contributed by atoms with Gasteiger partial charge < -0.3 is 5.32 Å². The summed E-state index contributed by atoms with van der Waals surface area (Å²) in [6.45, 7) is 2.74. The molecule has 1 heterocycles. The molecule has 28 heavy (non-hydrogen) atoms. The van der Waals surface area contributed by atoms with Crippen LogP contribution in [0.15, 0.2) is 53.4 Å². The molecule has 2 aromatic rings. The van der Waals surface area contributed by atoms with Crippen LogP contribution in [-0.2, 0) is 10.0 Å². The van der Waals surface area contributed by atoms with E-state index in [1.54, 1.807) is 34.6 Å². The molecule has 1 N–H and O–H groups in total. The van der Waals surface area contributed by atoms with Crippen LogP contribution in [0.4, 0.5) is 4.39 Å². The van der Waals surface area contributed by atoms with Crippen molar-refractivity contribution in [3.05, 3.63) is 65.5 Å². The third-order valence-corrected chi connectivity index (χ3v) is 7.02. The number of rotatable bonds is 6. The van der Waals surface area contributed by atoms with E-state index in [0.29, 0.717) is 24.4 Å². The number of piperidine rings is 1. The van der Waals surface area contributed by atoms with Crippen molar-refractivity contribution < 1.29 is 17.6 Å². The van der Waals surface area contributed by atoms with E-state index >= 15 is 0 Å². The number of carbonyl (C=O) groups excluding carboxylic acids is 1. The van der Waals surface area contributed by atoms with Gasteiger partial charge in [-0.3, -0.25) is 4.79 Å². The van der Waals surface area contributed by atoms with Crippen LogP contribution >= 0.6 is 0 Å². The zero-order chi connectivity index (χ0) is 20.1. The fourth-order valence-electron chi connectivity index (χ4n) is 3.51. The van der Waals surface area contributed by atoms with Crippen LogP contribution in [-0.4, -0.2) is 37.8 Å². The van der Waals surface area contributed by atoms with Crippen LogP contribution in [0.2, 0.25) is 0 Å². The third-order valence-electron chi connectivity index (χ3n) is 5.05. The number of nitrogens with zero attached hydrogens (tertiary/aromatic N) is 1. The summed E-state index contributed by atoms with van der Waals surface area (Å²) in [6, 6.07) is 12.2. The van der Waals surface area contributed by atoms with E-state index in [1.807, 2.05) is 6.92 Å². The Labute approximate surface area is 165 Å². The maximum Gasteiger partial charge on any atom is 0.251 e. The number of hydrogen-bond donors (Lipinski definition) is 1. The third kappa shape index (κ3) is 4.77. The number of nitrogens with one attached hydrogen (secondary N) is 1. The van der Waals surface area contributed by atoms with E-state index in [9.17, 15) is 17.6 Å². The SMILES string of the molecule is Cc1ccc(S(=O)(=O)N2CCCCC2CCNC(=O)c2cccc(F)c2)cc1. The highest BCUT2D eigenvalue weighted by atomic mass is 32.2. The van der Waals surface area contributed by atoms with E-state index in [2.05, 4.69) is 5.32 Å². The van der Waals surface area contributed by atoms with Crippen molar-refractivity contribution in [3.63, 3.8) is 0 Å². The number of sulfonamides is 1. The fourth-order valence-corrected chi connectivity index (χ4v) is 5.23. The average molecular weight is 405 g/mol. The van der Waals surface area contributed by atoms with Gasteiger partial charge in [0.05, 0.1) is 4.90 Å². The lowest BCUT2D eigenvalue weighted by atomic mass is 10.0. The second-order valence-corrected chi connectivity index (χ2v) is 9.02. The molecule has 1 aliphatic heterocycles. The maximum atomic E-state index is 13.3. The molecule has 0 spiro atoms. The number of benzene rings is 2. The molecule has 0 saturated carbocycles. The summed E-state index contributed by atoms with van der Waals surface area (Å²) < 4.78 is 40.9. The van der Waals surface area contributed by atoms with Gasteiger partial charge in [-0.1, -0.05) is 30.2 Å². The van der Waals surface area contributed by atoms with Gasteiger partial charge in [-0.15, -0.1) is 0 Å². The van der Waals surface area contributed by atoms with E-state index in [1.165, 1.54) is 18.2 Å². The number of amides is 1. The molecule has 1 amide bonds. The summed E-state index contributed by atoms with van der Waals surface area (Å²) in [5, 5.41) is 2.77. The van der Waals surface area contributed by atoms with Crippen molar-refractivity contribution >= 4 is 15.9 Å². The van der Waals surface area contributed by atoms with Crippen molar-refractivity contribution in [2.24, 2.45) is 0 Å². The van der Waals surface area contributed by atoms with Gasteiger partial charge in [-0.05, 0) is 56.5 Å². The van der Waals surface area contributed by atoms with Crippen LogP contribution in [0, 0.1) is 12.7 Å². The van der Waals surface area contributed by atoms with Gasteiger partial charge >= 0.3 is 0 Å². The van der Waals surface area contributed by atoms with Crippen molar-refractivity contribution in [1.82, 2.24) is 9.62 Å². The summed E-state index contributed by atoms with van der Waals surface area (Å²) in [7, 11) is -3.57. The minimum atomic E-state index is -3.57. The Balaban J connectivity index is 1.65. The number of aryl methyl sites for hydroxylation is 1. The molecule has 7 heteroatoms. The van der Waals surface area contributed by atoms with Gasteiger partial charge in [-0.2, -0.15) is 4.31 Å². The Morgan fingerprint density at radius 3 is 2.64 bits per heavy atom. The lowest BCUT2D eigenvalue weighted by Crippen LogP contribution is -2.45. The first kappa shape index (κ1) is 20.5. The van der Waals surface area contributed by atoms with Crippen LogP contribution in [0.3, 0.4) is 0 Å².